The van der Waals surface area contributed by atoms with Crippen molar-refractivity contribution >= 4 is 11.6 Å². The predicted molar refractivity (Wildman–Crippen MR) is 61.7 cm³/mol. The number of nitriles is 1. The molecule has 1 aromatic carbocycles. The van der Waals surface area contributed by atoms with Gasteiger partial charge in [0.1, 0.15) is 5.82 Å². The molecule has 84 valence electrons. The van der Waals surface area contributed by atoms with Crippen LogP contribution in [0, 0.1) is 23.1 Å². The molecular weight excluding hydrogens is 225 g/mol. The van der Waals surface area contributed by atoms with E-state index in [0.29, 0.717) is 11.5 Å². The van der Waals surface area contributed by atoms with Gasteiger partial charge < -0.3 is 0 Å². The van der Waals surface area contributed by atoms with Crippen molar-refractivity contribution in [1.29, 1.82) is 5.26 Å². The number of rotatable bonds is 2. The Kier molecular flexibility index (Phi) is 2.90. The van der Waals surface area contributed by atoms with Gasteiger partial charge in [-0.3, -0.25) is 0 Å². The summed E-state index contributed by atoms with van der Waals surface area (Å²) in [5, 5.41) is 9.36. The van der Waals surface area contributed by atoms with Crippen LogP contribution < -0.4 is 0 Å². The third-order valence-corrected chi connectivity index (χ3v) is 3.82. The van der Waals surface area contributed by atoms with Gasteiger partial charge in [-0.25, -0.2) is 4.39 Å². The first kappa shape index (κ1) is 11.4. The number of benzene rings is 1. The molecule has 1 fully saturated rings. The van der Waals surface area contributed by atoms with Gasteiger partial charge in [0.05, 0.1) is 16.5 Å². The summed E-state index contributed by atoms with van der Waals surface area (Å²) in [6.07, 6.45) is 2.54. The van der Waals surface area contributed by atoms with E-state index >= 15 is 0 Å². The molecule has 1 saturated carbocycles. The van der Waals surface area contributed by atoms with E-state index < -0.39 is 11.2 Å². The molecule has 0 heterocycles. The molecule has 0 spiro atoms. The van der Waals surface area contributed by atoms with Gasteiger partial charge >= 0.3 is 0 Å². The van der Waals surface area contributed by atoms with Crippen LogP contribution >= 0.6 is 11.6 Å². The predicted octanol–water partition coefficient (Wildman–Crippen LogP) is 4.06. The highest BCUT2D eigenvalue weighted by Crippen LogP contribution is 2.49. The summed E-state index contributed by atoms with van der Waals surface area (Å²) in [5.74, 6) is 0.110. The molecule has 2 rings (SSSR count). The van der Waals surface area contributed by atoms with Gasteiger partial charge in [0.2, 0.25) is 0 Å². The van der Waals surface area contributed by atoms with E-state index in [4.69, 9.17) is 11.6 Å². The van der Waals surface area contributed by atoms with E-state index in [-0.39, 0.29) is 5.02 Å². The maximum atomic E-state index is 13.9. The van der Waals surface area contributed by atoms with Gasteiger partial charge in [0.25, 0.3) is 0 Å². The number of nitrogens with zero attached hydrogens (tertiary/aromatic N) is 1. The molecule has 0 atom stereocenters. The standard InChI is InChI=1S/C13H13ClFN/c1-2-9-6-13(7-9,8-16)10-4-3-5-11(14)12(10)15/h3-5,9H,2,6-7H2,1H3. The van der Waals surface area contributed by atoms with E-state index in [0.717, 1.165) is 19.3 Å². The first-order valence-electron chi connectivity index (χ1n) is 5.48. The normalized spacial score (nSPS) is 28.2. The van der Waals surface area contributed by atoms with Crippen molar-refractivity contribution < 1.29 is 4.39 Å². The molecule has 0 radical (unpaired) electrons. The molecule has 0 bridgehead atoms. The largest absolute Gasteiger partial charge is 0.205 e. The SMILES string of the molecule is CCC1CC(C#N)(c2cccc(Cl)c2F)C1. The van der Waals surface area contributed by atoms with Gasteiger partial charge in [0, 0.05) is 5.56 Å². The van der Waals surface area contributed by atoms with Crippen molar-refractivity contribution in [2.75, 3.05) is 0 Å². The summed E-state index contributed by atoms with van der Waals surface area (Å²) in [4.78, 5) is 0. The maximum absolute atomic E-state index is 13.9. The molecule has 1 aromatic rings. The summed E-state index contributed by atoms with van der Waals surface area (Å²) >= 11 is 5.74. The first-order valence-corrected chi connectivity index (χ1v) is 5.86. The highest BCUT2D eigenvalue weighted by Gasteiger charge is 2.46. The smallest absolute Gasteiger partial charge is 0.146 e. The van der Waals surface area contributed by atoms with E-state index in [1.54, 1.807) is 12.1 Å². The summed E-state index contributed by atoms with van der Waals surface area (Å²) in [6, 6.07) is 7.16. The van der Waals surface area contributed by atoms with Crippen LogP contribution in [0.1, 0.15) is 31.7 Å². The minimum Gasteiger partial charge on any atom is -0.205 e. The van der Waals surface area contributed by atoms with E-state index in [1.165, 1.54) is 6.07 Å². The third-order valence-electron chi connectivity index (χ3n) is 3.53. The summed E-state index contributed by atoms with van der Waals surface area (Å²) in [7, 11) is 0. The zero-order chi connectivity index (χ0) is 11.8. The lowest BCUT2D eigenvalue weighted by atomic mass is 9.58. The van der Waals surface area contributed by atoms with Crippen LogP contribution in [0.5, 0.6) is 0 Å². The Morgan fingerprint density at radius 1 is 1.56 bits per heavy atom. The summed E-state index contributed by atoms with van der Waals surface area (Å²) in [6.45, 7) is 2.10. The maximum Gasteiger partial charge on any atom is 0.146 e. The fourth-order valence-electron chi connectivity index (χ4n) is 2.46. The van der Waals surface area contributed by atoms with Crippen LogP contribution in [0.3, 0.4) is 0 Å². The van der Waals surface area contributed by atoms with Crippen molar-refractivity contribution in [2.24, 2.45) is 5.92 Å². The van der Waals surface area contributed by atoms with Crippen LogP contribution in [0.2, 0.25) is 5.02 Å². The fraction of sp³-hybridized carbons (Fsp3) is 0.462. The Morgan fingerprint density at radius 2 is 2.25 bits per heavy atom. The molecule has 0 aliphatic heterocycles. The van der Waals surface area contributed by atoms with Crippen LogP contribution in [0.25, 0.3) is 0 Å². The second kappa shape index (κ2) is 4.07. The molecular formula is C13H13ClFN. The van der Waals surface area contributed by atoms with Crippen molar-refractivity contribution in [3.8, 4) is 6.07 Å². The lowest BCUT2D eigenvalue weighted by molar-refractivity contribution is 0.187. The second-order valence-corrected chi connectivity index (χ2v) is 4.89. The monoisotopic (exact) mass is 237 g/mol. The number of hydrogen-bond acceptors (Lipinski definition) is 1. The fourth-order valence-corrected chi connectivity index (χ4v) is 2.63. The average molecular weight is 238 g/mol. The highest BCUT2D eigenvalue weighted by molar-refractivity contribution is 6.30. The van der Waals surface area contributed by atoms with Gasteiger partial charge in [-0.15, -0.1) is 0 Å². The van der Waals surface area contributed by atoms with Crippen LogP contribution in [0.4, 0.5) is 4.39 Å². The molecule has 0 aromatic heterocycles. The number of halogens is 2. The lowest BCUT2D eigenvalue weighted by Crippen LogP contribution is -2.40. The molecule has 0 N–H and O–H groups in total. The summed E-state index contributed by atoms with van der Waals surface area (Å²) < 4.78 is 13.9. The van der Waals surface area contributed by atoms with Crippen LogP contribution in [-0.4, -0.2) is 0 Å². The quantitative estimate of drug-likeness (QED) is 0.761. The van der Waals surface area contributed by atoms with Crippen molar-refractivity contribution in [3.63, 3.8) is 0 Å². The Labute approximate surface area is 99.8 Å². The first-order chi connectivity index (χ1) is 7.63. The lowest BCUT2D eigenvalue weighted by Gasteiger charge is -2.42. The average Bonchev–Trinajstić information content (AvgIpc) is 2.23. The van der Waals surface area contributed by atoms with Crippen LogP contribution in [-0.2, 0) is 5.41 Å². The molecule has 1 aliphatic rings. The minimum absolute atomic E-state index is 0.104. The molecule has 16 heavy (non-hydrogen) atoms. The Morgan fingerprint density at radius 3 is 2.81 bits per heavy atom. The highest BCUT2D eigenvalue weighted by atomic mass is 35.5. The zero-order valence-corrected chi connectivity index (χ0v) is 9.89. The minimum atomic E-state index is -0.643. The molecule has 1 aliphatic carbocycles. The Bertz CT molecular complexity index is 444. The van der Waals surface area contributed by atoms with Crippen molar-refractivity contribution in [2.45, 2.75) is 31.6 Å². The second-order valence-electron chi connectivity index (χ2n) is 4.48. The molecule has 0 unspecified atom stereocenters. The Hall–Kier alpha value is -1.07. The van der Waals surface area contributed by atoms with Gasteiger partial charge in [-0.1, -0.05) is 37.1 Å². The molecule has 0 saturated heterocycles. The van der Waals surface area contributed by atoms with E-state index in [9.17, 15) is 9.65 Å². The molecule has 3 heteroatoms. The zero-order valence-electron chi connectivity index (χ0n) is 9.13. The van der Waals surface area contributed by atoms with E-state index in [2.05, 4.69) is 13.0 Å². The van der Waals surface area contributed by atoms with Crippen molar-refractivity contribution in [3.05, 3.63) is 34.6 Å². The molecule has 1 nitrogen and oxygen atoms in total. The number of hydrogen-bond donors (Lipinski definition) is 0. The van der Waals surface area contributed by atoms with Crippen LogP contribution in [0.15, 0.2) is 18.2 Å². The van der Waals surface area contributed by atoms with Gasteiger partial charge in [0.15, 0.2) is 0 Å². The molecule has 0 amide bonds. The van der Waals surface area contributed by atoms with Gasteiger partial charge in [-0.05, 0) is 24.8 Å². The summed E-state index contributed by atoms with van der Waals surface area (Å²) in [5.41, 5.74) is -0.178. The van der Waals surface area contributed by atoms with Gasteiger partial charge in [-0.2, -0.15) is 5.26 Å². The third kappa shape index (κ3) is 1.60. The topological polar surface area (TPSA) is 23.8 Å². The Balaban J connectivity index is 2.37. The van der Waals surface area contributed by atoms with E-state index in [1.807, 2.05) is 0 Å². The van der Waals surface area contributed by atoms with Crippen molar-refractivity contribution in [1.82, 2.24) is 0 Å².